The van der Waals surface area contributed by atoms with Crippen molar-refractivity contribution in [3.63, 3.8) is 0 Å². The SMILES string of the molecule is COc1cc(NC(=O)CSc2nccc(-c3cc(Cl)cc(Cl)c3)n2)ccc1OC(F)F. The Balaban J connectivity index is 1.63. The Hall–Kier alpha value is -2.62. The minimum Gasteiger partial charge on any atom is -0.493 e. The summed E-state index contributed by atoms with van der Waals surface area (Å²) in [6.45, 7) is -2.98. The normalized spacial score (nSPS) is 10.8. The van der Waals surface area contributed by atoms with Crippen LogP contribution in [0.4, 0.5) is 14.5 Å². The van der Waals surface area contributed by atoms with Gasteiger partial charge in [0.15, 0.2) is 16.7 Å². The number of nitrogens with one attached hydrogen (secondary N) is 1. The van der Waals surface area contributed by atoms with Crippen LogP contribution in [0.5, 0.6) is 11.5 Å². The van der Waals surface area contributed by atoms with Crippen molar-refractivity contribution in [2.24, 2.45) is 0 Å². The van der Waals surface area contributed by atoms with E-state index in [1.165, 1.54) is 25.3 Å². The number of alkyl halides is 2. The largest absolute Gasteiger partial charge is 0.493 e. The standard InChI is InChI=1S/C20H15Cl2F2N3O3S/c1-29-17-9-14(2-3-16(17)30-19(23)24)26-18(28)10-31-20-25-5-4-15(27-20)11-6-12(21)8-13(22)7-11/h2-9,19H,10H2,1H3,(H,26,28). The average Bonchev–Trinajstić information content (AvgIpc) is 2.72. The molecule has 162 valence electrons. The van der Waals surface area contributed by atoms with Crippen molar-refractivity contribution in [2.45, 2.75) is 11.8 Å². The van der Waals surface area contributed by atoms with E-state index in [4.69, 9.17) is 27.9 Å². The van der Waals surface area contributed by atoms with Crippen LogP contribution in [-0.2, 0) is 4.79 Å². The van der Waals surface area contributed by atoms with Crippen molar-refractivity contribution in [1.82, 2.24) is 9.97 Å². The second-order valence-electron chi connectivity index (χ2n) is 5.96. The maximum Gasteiger partial charge on any atom is 0.387 e. The van der Waals surface area contributed by atoms with Gasteiger partial charge in [-0.05, 0) is 36.4 Å². The molecule has 11 heteroatoms. The van der Waals surface area contributed by atoms with Gasteiger partial charge in [0, 0.05) is 33.6 Å². The molecule has 3 rings (SSSR count). The second-order valence-corrected chi connectivity index (χ2v) is 7.78. The van der Waals surface area contributed by atoms with E-state index in [0.29, 0.717) is 26.6 Å². The van der Waals surface area contributed by atoms with Gasteiger partial charge in [-0.3, -0.25) is 4.79 Å². The number of amides is 1. The Morgan fingerprint density at radius 3 is 2.55 bits per heavy atom. The number of hydrogen-bond acceptors (Lipinski definition) is 6. The second kappa shape index (κ2) is 10.6. The van der Waals surface area contributed by atoms with Crippen molar-refractivity contribution in [3.8, 4) is 22.8 Å². The summed E-state index contributed by atoms with van der Waals surface area (Å²) in [7, 11) is 1.31. The molecule has 6 nitrogen and oxygen atoms in total. The van der Waals surface area contributed by atoms with E-state index in [-0.39, 0.29) is 23.2 Å². The molecule has 0 spiro atoms. The van der Waals surface area contributed by atoms with Crippen LogP contribution in [0.15, 0.2) is 53.8 Å². The first-order valence-corrected chi connectivity index (χ1v) is 10.4. The Labute approximate surface area is 190 Å². The summed E-state index contributed by atoms with van der Waals surface area (Å²) in [5.74, 6) is -0.371. The van der Waals surface area contributed by atoms with Gasteiger partial charge in [-0.25, -0.2) is 9.97 Å². The highest BCUT2D eigenvalue weighted by molar-refractivity contribution is 7.99. The van der Waals surface area contributed by atoms with Gasteiger partial charge in [-0.1, -0.05) is 35.0 Å². The quantitative estimate of drug-likeness (QED) is 0.321. The molecule has 1 aromatic heterocycles. The summed E-state index contributed by atoms with van der Waals surface area (Å²) < 4.78 is 34.2. The number of rotatable bonds is 8. The first-order chi connectivity index (χ1) is 14.8. The number of halogens is 4. The third-order valence-corrected chi connectivity index (χ3v) is 5.09. The lowest BCUT2D eigenvalue weighted by molar-refractivity contribution is -0.113. The zero-order chi connectivity index (χ0) is 22.4. The Bertz CT molecular complexity index is 1070. The van der Waals surface area contributed by atoms with Crippen LogP contribution in [0.3, 0.4) is 0 Å². The Kier molecular flexibility index (Phi) is 7.89. The highest BCUT2D eigenvalue weighted by Crippen LogP contribution is 2.31. The lowest BCUT2D eigenvalue weighted by Crippen LogP contribution is -2.14. The van der Waals surface area contributed by atoms with E-state index in [1.54, 1.807) is 30.5 Å². The zero-order valence-corrected chi connectivity index (χ0v) is 18.3. The van der Waals surface area contributed by atoms with Gasteiger partial charge in [-0.2, -0.15) is 8.78 Å². The molecule has 0 radical (unpaired) electrons. The third-order valence-electron chi connectivity index (χ3n) is 3.79. The number of nitrogens with zero attached hydrogens (tertiary/aromatic N) is 2. The van der Waals surface area contributed by atoms with Gasteiger partial charge >= 0.3 is 6.61 Å². The van der Waals surface area contributed by atoms with Gasteiger partial charge in [0.25, 0.3) is 0 Å². The van der Waals surface area contributed by atoms with Crippen molar-refractivity contribution < 1.29 is 23.0 Å². The molecular formula is C20H15Cl2F2N3O3S. The van der Waals surface area contributed by atoms with Gasteiger partial charge in [0.1, 0.15) is 0 Å². The summed E-state index contributed by atoms with van der Waals surface area (Å²) >= 11 is 13.2. The predicted molar refractivity (Wildman–Crippen MR) is 116 cm³/mol. The number of anilines is 1. The maximum absolute atomic E-state index is 12.4. The molecular weight excluding hydrogens is 471 g/mol. The minimum atomic E-state index is -2.98. The van der Waals surface area contributed by atoms with E-state index in [0.717, 1.165) is 17.3 Å². The van der Waals surface area contributed by atoms with Gasteiger partial charge in [-0.15, -0.1) is 0 Å². The summed E-state index contributed by atoms with van der Waals surface area (Å²) in [5, 5.41) is 4.01. The molecule has 0 aliphatic carbocycles. The van der Waals surface area contributed by atoms with Crippen LogP contribution < -0.4 is 14.8 Å². The highest BCUT2D eigenvalue weighted by atomic mass is 35.5. The van der Waals surface area contributed by atoms with Crippen LogP contribution in [0, 0.1) is 0 Å². The monoisotopic (exact) mass is 485 g/mol. The van der Waals surface area contributed by atoms with Gasteiger partial charge in [0.2, 0.25) is 5.91 Å². The number of ether oxygens (including phenoxy) is 2. The number of aromatic nitrogens is 2. The molecule has 0 unspecified atom stereocenters. The molecule has 3 aromatic rings. The average molecular weight is 486 g/mol. The molecule has 2 aromatic carbocycles. The molecule has 0 saturated carbocycles. The Morgan fingerprint density at radius 1 is 1.13 bits per heavy atom. The van der Waals surface area contributed by atoms with Crippen molar-refractivity contribution in [1.29, 1.82) is 0 Å². The van der Waals surface area contributed by atoms with Gasteiger partial charge < -0.3 is 14.8 Å². The van der Waals surface area contributed by atoms with Crippen LogP contribution in [0.25, 0.3) is 11.3 Å². The topological polar surface area (TPSA) is 73.3 Å². The zero-order valence-electron chi connectivity index (χ0n) is 15.9. The van der Waals surface area contributed by atoms with Gasteiger partial charge in [0.05, 0.1) is 18.6 Å². The van der Waals surface area contributed by atoms with Crippen LogP contribution in [-0.4, -0.2) is 35.3 Å². The molecule has 1 heterocycles. The summed E-state index contributed by atoms with van der Waals surface area (Å²) in [4.78, 5) is 20.8. The number of methoxy groups -OCH3 is 1. The van der Waals surface area contributed by atoms with Crippen LogP contribution in [0.1, 0.15) is 0 Å². The summed E-state index contributed by atoms with van der Waals surface area (Å²) in [6.07, 6.45) is 1.57. The van der Waals surface area contributed by atoms with E-state index in [2.05, 4.69) is 20.0 Å². The predicted octanol–water partition coefficient (Wildman–Crippen LogP) is 5.79. The first kappa shape index (κ1) is 23.1. The number of carbonyl (C=O) groups is 1. The fraction of sp³-hybridized carbons (Fsp3) is 0.150. The molecule has 0 aliphatic heterocycles. The number of carbonyl (C=O) groups excluding carboxylic acids is 1. The Morgan fingerprint density at radius 2 is 1.87 bits per heavy atom. The first-order valence-electron chi connectivity index (χ1n) is 8.69. The highest BCUT2D eigenvalue weighted by Gasteiger charge is 2.13. The maximum atomic E-state index is 12.4. The lowest BCUT2D eigenvalue weighted by Gasteiger charge is -2.12. The fourth-order valence-electron chi connectivity index (χ4n) is 2.54. The van der Waals surface area contributed by atoms with E-state index in [9.17, 15) is 13.6 Å². The van der Waals surface area contributed by atoms with Crippen LogP contribution in [0.2, 0.25) is 10.0 Å². The molecule has 0 aliphatic rings. The lowest BCUT2D eigenvalue weighted by atomic mass is 10.1. The van der Waals surface area contributed by atoms with Crippen molar-refractivity contribution >= 4 is 46.6 Å². The molecule has 0 saturated heterocycles. The van der Waals surface area contributed by atoms with E-state index < -0.39 is 6.61 Å². The van der Waals surface area contributed by atoms with Crippen molar-refractivity contribution in [2.75, 3.05) is 18.2 Å². The number of thioether (sulfide) groups is 1. The molecule has 0 fully saturated rings. The van der Waals surface area contributed by atoms with E-state index in [1.807, 2.05) is 0 Å². The smallest absolute Gasteiger partial charge is 0.387 e. The minimum absolute atomic E-state index is 0.0252. The third kappa shape index (κ3) is 6.68. The fourth-order valence-corrected chi connectivity index (χ4v) is 3.70. The summed E-state index contributed by atoms with van der Waals surface area (Å²) in [5.41, 5.74) is 1.71. The molecule has 1 N–H and O–H groups in total. The van der Waals surface area contributed by atoms with Crippen LogP contribution >= 0.6 is 35.0 Å². The van der Waals surface area contributed by atoms with Crippen molar-refractivity contribution in [3.05, 3.63) is 58.7 Å². The molecule has 1 amide bonds. The van der Waals surface area contributed by atoms with E-state index >= 15 is 0 Å². The molecule has 31 heavy (non-hydrogen) atoms. The number of hydrogen-bond donors (Lipinski definition) is 1. The number of benzene rings is 2. The molecule has 0 bridgehead atoms. The summed E-state index contributed by atoms with van der Waals surface area (Å²) in [6, 6.07) is 10.9. The molecule has 0 atom stereocenters.